The molecule has 5 heteroatoms. The highest BCUT2D eigenvalue weighted by Gasteiger charge is 2.12. The van der Waals surface area contributed by atoms with Crippen molar-refractivity contribution in [2.24, 2.45) is 0 Å². The van der Waals surface area contributed by atoms with Gasteiger partial charge in [0.25, 0.3) is 0 Å². The maximum absolute atomic E-state index is 5.97. The molecule has 0 unspecified atom stereocenters. The van der Waals surface area contributed by atoms with Crippen LogP contribution in [0.3, 0.4) is 0 Å². The van der Waals surface area contributed by atoms with E-state index in [4.69, 9.17) is 5.73 Å². The number of aromatic nitrogens is 2. The number of rotatable bonds is 4. The molecule has 114 valence electrons. The highest BCUT2D eigenvalue weighted by Crippen LogP contribution is 2.33. The summed E-state index contributed by atoms with van der Waals surface area (Å²) >= 11 is 0. The minimum Gasteiger partial charge on any atom is -0.385 e. The monoisotopic (exact) mass is 295 g/mol. The van der Waals surface area contributed by atoms with Crippen molar-refractivity contribution in [1.82, 2.24) is 14.9 Å². The highest BCUT2D eigenvalue weighted by molar-refractivity contribution is 5.92. The number of nitrogens with zero attached hydrogens (tertiary/aromatic N) is 2. The Balaban J connectivity index is 2.15. The summed E-state index contributed by atoms with van der Waals surface area (Å²) < 4.78 is 0. The molecule has 0 radical (unpaired) electrons. The van der Waals surface area contributed by atoms with Gasteiger partial charge >= 0.3 is 0 Å². The third-order valence-electron chi connectivity index (χ3n) is 3.76. The average Bonchev–Trinajstić information content (AvgIpc) is 2.91. The van der Waals surface area contributed by atoms with Crippen LogP contribution in [-0.4, -0.2) is 36.0 Å². The number of nitrogen functional groups attached to an aromatic ring is 1. The molecule has 0 bridgehead atoms. The van der Waals surface area contributed by atoms with Gasteiger partial charge in [0.2, 0.25) is 0 Å². The highest BCUT2D eigenvalue weighted by atomic mass is 15.0. The van der Waals surface area contributed by atoms with E-state index in [0.717, 1.165) is 29.0 Å². The van der Waals surface area contributed by atoms with Crippen LogP contribution in [0, 0.1) is 0 Å². The molecule has 2 heterocycles. The Hall–Kier alpha value is -2.53. The van der Waals surface area contributed by atoms with Crippen LogP contribution in [0.4, 0.5) is 11.5 Å². The van der Waals surface area contributed by atoms with Crippen molar-refractivity contribution in [2.75, 3.05) is 32.2 Å². The van der Waals surface area contributed by atoms with Gasteiger partial charge in [-0.1, -0.05) is 12.1 Å². The van der Waals surface area contributed by atoms with Crippen LogP contribution in [0.5, 0.6) is 0 Å². The van der Waals surface area contributed by atoms with Gasteiger partial charge in [0.15, 0.2) is 0 Å². The zero-order valence-corrected chi connectivity index (χ0v) is 13.1. The number of fused-ring (bicyclic) bond motifs is 1. The lowest BCUT2D eigenvalue weighted by Gasteiger charge is -2.10. The van der Waals surface area contributed by atoms with Gasteiger partial charge in [0, 0.05) is 41.9 Å². The molecule has 0 saturated carbocycles. The van der Waals surface area contributed by atoms with Crippen LogP contribution < -0.4 is 11.1 Å². The number of nitrogens with one attached hydrogen (secondary N) is 2. The first-order chi connectivity index (χ1) is 10.6. The fraction of sp³-hybridized carbons (Fsp3) is 0.235. The first-order valence-electron chi connectivity index (χ1n) is 7.28. The van der Waals surface area contributed by atoms with Gasteiger partial charge in [-0.2, -0.15) is 0 Å². The molecule has 0 amide bonds. The topological polar surface area (TPSA) is 70.0 Å². The van der Waals surface area contributed by atoms with Crippen molar-refractivity contribution in [1.29, 1.82) is 0 Å². The lowest BCUT2D eigenvalue weighted by molar-refractivity contribution is 0.404. The molecule has 2 aromatic heterocycles. The van der Waals surface area contributed by atoms with Crippen molar-refractivity contribution in [3.05, 3.63) is 42.1 Å². The normalized spacial score (nSPS) is 11.3. The zero-order chi connectivity index (χ0) is 15.7. The molecular weight excluding hydrogens is 274 g/mol. The molecule has 0 aliphatic heterocycles. The van der Waals surface area contributed by atoms with E-state index in [1.165, 1.54) is 10.9 Å². The van der Waals surface area contributed by atoms with Gasteiger partial charge in [-0.05, 0) is 37.9 Å². The molecule has 0 fully saturated rings. The Kier molecular flexibility index (Phi) is 3.73. The Morgan fingerprint density at radius 2 is 2.09 bits per heavy atom. The third kappa shape index (κ3) is 2.51. The fourth-order valence-electron chi connectivity index (χ4n) is 2.81. The molecule has 3 aromatic rings. The van der Waals surface area contributed by atoms with E-state index in [2.05, 4.69) is 58.5 Å². The second kappa shape index (κ2) is 5.69. The second-order valence-electron chi connectivity index (χ2n) is 5.67. The van der Waals surface area contributed by atoms with E-state index < -0.39 is 0 Å². The van der Waals surface area contributed by atoms with E-state index in [0.29, 0.717) is 5.82 Å². The number of hydrogen-bond donors (Lipinski definition) is 3. The van der Waals surface area contributed by atoms with Crippen LogP contribution in [0.25, 0.3) is 22.2 Å². The van der Waals surface area contributed by atoms with E-state index in [9.17, 15) is 0 Å². The first-order valence-corrected chi connectivity index (χ1v) is 7.28. The van der Waals surface area contributed by atoms with Gasteiger partial charge in [-0.25, -0.2) is 4.98 Å². The lowest BCUT2D eigenvalue weighted by atomic mass is 10.1. The Morgan fingerprint density at radius 1 is 1.27 bits per heavy atom. The second-order valence-corrected chi connectivity index (χ2v) is 5.67. The van der Waals surface area contributed by atoms with Crippen molar-refractivity contribution in [3.8, 4) is 11.3 Å². The molecule has 0 aliphatic carbocycles. The summed E-state index contributed by atoms with van der Waals surface area (Å²) in [6, 6.07) is 10.5. The van der Waals surface area contributed by atoms with E-state index in [1.54, 1.807) is 6.20 Å². The number of H-pyrrole nitrogens is 1. The minimum absolute atomic E-state index is 0.507. The molecule has 0 saturated heterocycles. The number of hydrogen-bond acceptors (Lipinski definition) is 4. The van der Waals surface area contributed by atoms with Gasteiger partial charge in [0.1, 0.15) is 5.82 Å². The lowest BCUT2D eigenvalue weighted by Crippen LogP contribution is -2.10. The maximum atomic E-state index is 5.97. The molecule has 0 atom stereocenters. The minimum atomic E-state index is 0.507. The Morgan fingerprint density at radius 3 is 2.82 bits per heavy atom. The SMILES string of the molecule is CNc1c(-c2cc3c(CN(C)C)cccc3[nH]2)ccnc1N. The fourth-order valence-corrected chi connectivity index (χ4v) is 2.81. The average molecular weight is 295 g/mol. The van der Waals surface area contributed by atoms with E-state index in [1.807, 2.05) is 13.1 Å². The predicted molar refractivity (Wildman–Crippen MR) is 92.9 cm³/mol. The molecule has 4 N–H and O–H groups in total. The van der Waals surface area contributed by atoms with Crippen LogP contribution in [0.1, 0.15) is 5.56 Å². The Labute approximate surface area is 130 Å². The summed E-state index contributed by atoms with van der Waals surface area (Å²) in [5.41, 5.74) is 11.3. The van der Waals surface area contributed by atoms with Crippen LogP contribution in [-0.2, 0) is 6.54 Å². The molecule has 22 heavy (non-hydrogen) atoms. The number of benzene rings is 1. The summed E-state index contributed by atoms with van der Waals surface area (Å²) in [5, 5.41) is 4.38. The standard InChI is InChI=1S/C17H21N5/c1-19-16-12(7-8-20-17(16)18)15-9-13-11(10-22(2)3)5-4-6-14(13)21-15/h4-9,19,21H,10H2,1-3H3,(H2,18,20). The zero-order valence-electron chi connectivity index (χ0n) is 13.1. The van der Waals surface area contributed by atoms with Crippen molar-refractivity contribution >= 4 is 22.4 Å². The molecular formula is C17H21N5. The van der Waals surface area contributed by atoms with Crippen LogP contribution in [0.15, 0.2) is 36.5 Å². The van der Waals surface area contributed by atoms with Crippen LogP contribution in [0.2, 0.25) is 0 Å². The number of aromatic amines is 1. The first kappa shape index (κ1) is 14.4. The van der Waals surface area contributed by atoms with Crippen molar-refractivity contribution < 1.29 is 0 Å². The molecule has 5 nitrogen and oxygen atoms in total. The van der Waals surface area contributed by atoms with E-state index in [-0.39, 0.29) is 0 Å². The molecule has 0 aliphatic rings. The van der Waals surface area contributed by atoms with Gasteiger partial charge < -0.3 is 20.9 Å². The van der Waals surface area contributed by atoms with Gasteiger partial charge in [-0.15, -0.1) is 0 Å². The smallest absolute Gasteiger partial charge is 0.147 e. The van der Waals surface area contributed by atoms with Gasteiger partial charge in [-0.3, -0.25) is 0 Å². The predicted octanol–water partition coefficient (Wildman–Crippen LogP) is 2.92. The molecule has 1 aromatic carbocycles. The van der Waals surface area contributed by atoms with Gasteiger partial charge in [0.05, 0.1) is 5.69 Å². The maximum Gasteiger partial charge on any atom is 0.147 e. The quantitative estimate of drug-likeness (QED) is 0.692. The summed E-state index contributed by atoms with van der Waals surface area (Å²) in [6.45, 7) is 0.909. The summed E-state index contributed by atoms with van der Waals surface area (Å²) in [6.07, 6.45) is 1.73. The largest absolute Gasteiger partial charge is 0.385 e. The van der Waals surface area contributed by atoms with Crippen LogP contribution >= 0.6 is 0 Å². The van der Waals surface area contributed by atoms with Crippen molar-refractivity contribution in [3.63, 3.8) is 0 Å². The summed E-state index contributed by atoms with van der Waals surface area (Å²) in [7, 11) is 6.02. The van der Waals surface area contributed by atoms with E-state index >= 15 is 0 Å². The molecule has 0 spiro atoms. The van der Waals surface area contributed by atoms with Crippen molar-refractivity contribution in [2.45, 2.75) is 6.54 Å². The summed E-state index contributed by atoms with van der Waals surface area (Å²) in [5.74, 6) is 0.507. The molecule has 3 rings (SSSR count). The number of anilines is 2. The Bertz CT molecular complexity index is 804. The third-order valence-corrected chi connectivity index (χ3v) is 3.76. The number of nitrogens with two attached hydrogens (primary N) is 1. The summed E-state index contributed by atoms with van der Waals surface area (Å²) in [4.78, 5) is 9.80. The number of pyridine rings is 1.